The highest BCUT2D eigenvalue weighted by Crippen LogP contribution is 2.34. The van der Waals surface area contributed by atoms with Crippen LogP contribution in [0.1, 0.15) is 19.3 Å². The van der Waals surface area contributed by atoms with E-state index in [1.54, 1.807) is 0 Å². The van der Waals surface area contributed by atoms with Crippen LogP contribution in [0, 0.1) is 5.92 Å². The topological polar surface area (TPSA) is 38.0 Å². The first-order valence-corrected chi connectivity index (χ1v) is 7.40. The zero-order valence-corrected chi connectivity index (χ0v) is 11.6. The minimum atomic E-state index is 0.441. The summed E-state index contributed by atoms with van der Waals surface area (Å²) in [5.41, 5.74) is 2.93. The van der Waals surface area contributed by atoms with Crippen molar-refractivity contribution in [2.75, 3.05) is 5.75 Å². The summed E-state index contributed by atoms with van der Waals surface area (Å²) in [7, 11) is 0. The quantitative estimate of drug-likeness (QED) is 0.481. The van der Waals surface area contributed by atoms with E-state index in [9.17, 15) is 0 Å². The number of thioether (sulfide) groups is 1. The Labute approximate surface area is 109 Å². The van der Waals surface area contributed by atoms with Gasteiger partial charge in [0.2, 0.25) is 0 Å². The number of rotatable bonds is 6. The SMILES string of the molecule is NNC(CSc1cccc(Br)c1)CC1CC1. The van der Waals surface area contributed by atoms with Crippen molar-refractivity contribution < 1.29 is 0 Å². The molecule has 0 saturated heterocycles. The first-order chi connectivity index (χ1) is 7.78. The summed E-state index contributed by atoms with van der Waals surface area (Å²) < 4.78 is 1.14. The van der Waals surface area contributed by atoms with E-state index in [-0.39, 0.29) is 0 Å². The lowest BCUT2D eigenvalue weighted by atomic mass is 10.2. The maximum atomic E-state index is 5.57. The van der Waals surface area contributed by atoms with Crippen LogP contribution in [-0.4, -0.2) is 11.8 Å². The first-order valence-electron chi connectivity index (χ1n) is 5.62. The van der Waals surface area contributed by atoms with Gasteiger partial charge in [0, 0.05) is 21.2 Å². The van der Waals surface area contributed by atoms with Gasteiger partial charge in [-0.3, -0.25) is 11.3 Å². The minimum absolute atomic E-state index is 0.441. The maximum Gasteiger partial charge on any atom is 0.0307 e. The molecule has 1 aliphatic rings. The van der Waals surface area contributed by atoms with Gasteiger partial charge in [0.1, 0.15) is 0 Å². The maximum absolute atomic E-state index is 5.57. The summed E-state index contributed by atoms with van der Waals surface area (Å²) in [4.78, 5) is 1.30. The van der Waals surface area contributed by atoms with Crippen LogP contribution in [-0.2, 0) is 0 Å². The summed E-state index contributed by atoms with van der Waals surface area (Å²) >= 11 is 5.35. The first kappa shape index (κ1) is 12.4. The van der Waals surface area contributed by atoms with E-state index in [2.05, 4.69) is 39.6 Å². The Morgan fingerprint density at radius 1 is 1.50 bits per heavy atom. The van der Waals surface area contributed by atoms with Crippen LogP contribution in [0.2, 0.25) is 0 Å². The Hall–Kier alpha value is -0.0300. The molecule has 1 unspecified atom stereocenters. The van der Waals surface area contributed by atoms with Gasteiger partial charge in [-0.2, -0.15) is 0 Å². The van der Waals surface area contributed by atoms with Gasteiger partial charge >= 0.3 is 0 Å². The molecule has 1 aromatic carbocycles. The van der Waals surface area contributed by atoms with Crippen LogP contribution in [0.25, 0.3) is 0 Å². The molecule has 0 spiro atoms. The molecule has 0 bridgehead atoms. The summed E-state index contributed by atoms with van der Waals surface area (Å²) in [6.45, 7) is 0. The van der Waals surface area contributed by atoms with Crippen LogP contribution >= 0.6 is 27.7 Å². The third kappa shape index (κ3) is 4.09. The van der Waals surface area contributed by atoms with E-state index in [0.29, 0.717) is 6.04 Å². The van der Waals surface area contributed by atoms with Crippen LogP contribution in [0.4, 0.5) is 0 Å². The highest BCUT2D eigenvalue weighted by atomic mass is 79.9. The number of hydrogen-bond donors (Lipinski definition) is 2. The molecular formula is C12H17BrN2S. The van der Waals surface area contributed by atoms with Crippen molar-refractivity contribution in [2.24, 2.45) is 11.8 Å². The molecule has 1 aliphatic carbocycles. The van der Waals surface area contributed by atoms with Gasteiger partial charge in [-0.15, -0.1) is 11.8 Å². The van der Waals surface area contributed by atoms with Gasteiger partial charge < -0.3 is 0 Å². The number of halogens is 1. The molecule has 1 aromatic rings. The molecule has 2 rings (SSSR count). The predicted molar refractivity (Wildman–Crippen MR) is 73.3 cm³/mol. The van der Waals surface area contributed by atoms with Crippen molar-refractivity contribution in [3.63, 3.8) is 0 Å². The average molecular weight is 301 g/mol. The molecule has 1 saturated carbocycles. The molecule has 0 aromatic heterocycles. The molecule has 0 amide bonds. The lowest BCUT2D eigenvalue weighted by Crippen LogP contribution is -2.37. The molecular weight excluding hydrogens is 284 g/mol. The van der Waals surface area contributed by atoms with Gasteiger partial charge in [0.15, 0.2) is 0 Å². The van der Waals surface area contributed by atoms with E-state index in [1.165, 1.54) is 24.2 Å². The predicted octanol–water partition coefficient (Wildman–Crippen LogP) is 3.17. The van der Waals surface area contributed by atoms with Crippen molar-refractivity contribution in [1.29, 1.82) is 0 Å². The molecule has 4 heteroatoms. The molecule has 88 valence electrons. The van der Waals surface area contributed by atoms with Crippen LogP contribution in [0.15, 0.2) is 33.6 Å². The van der Waals surface area contributed by atoms with Crippen LogP contribution in [0.3, 0.4) is 0 Å². The molecule has 16 heavy (non-hydrogen) atoms. The van der Waals surface area contributed by atoms with Crippen LogP contribution < -0.4 is 11.3 Å². The molecule has 0 radical (unpaired) electrons. The highest BCUT2D eigenvalue weighted by Gasteiger charge is 2.24. The number of hydrazine groups is 1. The summed E-state index contributed by atoms with van der Waals surface area (Å²) in [5.74, 6) is 7.54. The summed E-state index contributed by atoms with van der Waals surface area (Å²) in [6.07, 6.45) is 4.00. The van der Waals surface area contributed by atoms with Gasteiger partial charge in [-0.25, -0.2) is 0 Å². The number of nitrogens with two attached hydrogens (primary N) is 1. The van der Waals surface area contributed by atoms with Crippen LogP contribution in [0.5, 0.6) is 0 Å². The average Bonchev–Trinajstić information content (AvgIpc) is 3.08. The fourth-order valence-corrected chi connectivity index (χ4v) is 3.26. The van der Waals surface area contributed by atoms with E-state index >= 15 is 0 Å². The smallest absolute Gasteiger partial charge is 0.0307 e. The number of benzene rings is 1. The van der Waals surface area contributed by atoms with Crippen molar-refractivity contribution in [3.05, 3.63) is 28.7 Å². The lowest BCUT2D eigenvalue weighted by Gasteiger charge is -2.14. The second kappa shape index (κ2) is 6.05. The highest BCUT2D eigenvalue weighted by molar-refractivity contribution is 9.10. The fraction of sp³-hybridized carbons (Fsp3) is 0.500. The zero-order chi connectivity index (χ0) is 11.4. The molecule has 1 atom stereocenters. The third-order valence-corrected chi connectivity index (χ3v) is 4.45. The number of hydrogen-bond acceptors (Lipinski definition) is 3. The lowest BCUT2D eigenvalue weighted by molar-refractivity contribution is 0.508. The van der Waals surface area contributed by atoms with Crippen molar-refractivity contribution >= 4 is 27.7 Å². The zero-order valence-electron chi connectivity index (χ0n) is 9.16. The normalized spacial score (nSPS) is 17.4. The van der Waals surface area contributed by atoms with Gasteiger partial charge in [-0.05, 0) is 30.5 Å². The van der Waals surface area contributed by atoms with Gasteiger partial charge in [0.25, 0.3) is 0 Å². The summed E-state index contributed by atoms with van der Waals surface area (Å²) in [6, 6.07) is 8.84. The molecule has 0 heterocycles. The monoisotopic (exact) mass is 300 g/mol. The second-order valence-corrected chi connectivity index (χ2v) is 6.32. The van der Waals surface area contributed by atoms with Crippen molar-refractivity contribution in [2.45, 2.75) is 30.2 Å². The van der Waals surface area contributed by atoms with E-state index in [1.807, 2.05) is 17.8 Å². The van der Waals surface area contributed by atoms with E-state index < -0.39 is 0 Å². The van der Waals surface area contributed by atoms with Gasteiger partial charge in [-0.1, -0.05) is 34.8 Å². The Morgan fingerprint density at radius 2 is 2.31 bits per heavy atom. The second-order valence-electron chi connectivity index (χ2n) is 4.31. The van der Waals surface area contributed by atoms with Gasteiger partial charge in [0.05, 0.1) is 0 Å². The standard InChI is InChI=1S/C12H17BrN2S/c13-10-2-1-3-12(7-10)16-8-11(15-14)6-9-4-5-9/h1-3,7,9,11,15H,4-6,8,14H2. The molecule has 0 aliphatic heterocycles. The van der Waals surface area contributed by atoms with Crippen molar-refractivity contribution in [1.82, 2.24) is 5.43 Å². The third-order valence-electron chi connectivity index (χ3n) is 2.80. The fourth-order valence-electron chi connectivity index (χ4n) is 1.69. The largest absolute Gasteiger partial charge is 0.271 e. The minimum Gasteiger partial charge on any atom is -0.271 e. The molecule has 2 nitrogen and oxygen atoms in total. The van der Waals surface area contributed by atoms with Crippen molar-refractivity contribution in [3.8, 4) is 0 Å². The Balaban J connectivity index is 1.80. The van der Waals surface area contributed by atoms with E-state index in [0.717, 1.165) is 16.1 Å². The molecule has 1 fully saturated rings. The number of nitrogens with one attached hydrogen (secondary N) is 1. The Bertz CT molecular complexity index is 342. The Kier molecular flexibility index (Phi) is 4.70. The summed E-state index contributed by atoms with van der Waals surface area (Å²) in [5, 5.41) is 0. The molecule has 3 N–H and O–H groups in total. The van der Waals surface area contributed by atoms with E-state index in [4.69, 9.17) is 5.84 Å². The Morgan fingerprint density at radius 3 is 2.94 bits per heavy atom.